The molecule has 130 valence electrons. The van der Waals surface area contributed by atoms with Crippen LogP contribution in [-0.4, -0.2) is 34.0 Å². The standard InChI is InChI=1S/C19H23N5O/c1-23-10-9-22-19(23)18-16(7-8-17(25)24(18)2)13-21-12-15-5-3-14(11-20)4-6-15/h3-6,9-10,16,18,21H,7-8,12-13H2,1-2H3/t16-,18+/m1/s1. The van der Waals surface area contributed by atoms with E-state index in [1.165, 1.54) is 0 Å². The number of benzene rings is 1. The molecule has 0 spiro atoms. The van der Waals surface area contributed by atoms with Gasteiger partial charge >= 0.3 is 0 Å². The van der Waals surface area contributed by atoms with Crippen molar-refractivity contribution >= 4 is 5.91 Å². The predicted molar refractivity (Wildman–Crippen MR) is 94.3 cm³/mol. The molecule has 1 N–H and O–H groups in total. The number of carbonyl (C=O) groups is 1. The number of nitrogens with zero attached hydrogens (tertiary/aromatic N) is 4. The number of rotatable bonds is 5. The van der Waals surface area contributed by atoms with E-state index in [1.807, 2.05) is 54.0 Å². The van der Waals surface area contributed by atoms with Crippen LogP contribution in [0.25, 0.3) is 0 Å². The van der Waals surface area contributed by atoms with Crippen LogP contribution in [0.15, 0.2) is 36.7 Å². The van der Waals surface area contributed by atoms with Gasteiger partial charge in [0.25, 0.3) is 0 Å². The van der Waals surface area contributed by atoms with Crippen LogP contribution in [0, 0.1) is 17.2 Å². The van der Waals surface area contributed by atoms with Gasteiger partial charge in [0.2, 0.25) is 5.91 Å². The Morgan fingerprint density at radius 3 is 2.72 bits per heavy atom. The molecule has 1 aromatic carbocycles. The van der Waals surface area contributed by atoms with Gasteiger partial charge in [-0.25, -0.2) is 4.98 Å². The minimum atomic E-state index is -0.00489. The molecule has 3 rings (SSSR count). The van der Waals surface area contributed by atoms with Gasteiger partial charge in [0.15, 0.2) is 0 Å². The third-order valence-corrected chi connectivity index (χ3v) is 4.93. The fourth-order valence-corrected chi connectivity index (χ4v) is 3.47. The monoisotopic (exact) mass is 337 g/mol. The highest BCUT2D eigenvalue weighted by Gasteiger charge is 2.36. The van der Waals surface area contributed by atoms with Gasteiger partial charge in [-0.2, -0.15) is 5.26 Å². The van der Waals surface area contributed by atoms with Crippen molar-refractivity contribution in [3.8, 4) is 6.07 Å². The van der Waals surface area contributed by atoms with Crippen molar-refractivity contribution < 1.29 is 4.79 Å². The lowest BCUT2D eigenvalue weighted by molar-refractivity contribution is -0.137. The molecule has 25 heavy (non-hydrogen) atoms. The van der Waals surface area contributed by atoms with E-state index < -0.39 is 0 Å². The van der Waals surface area contributed by atoms with Crippen LogP contribution >= 0.6 is 0 Å². The second kappa shape index (κ2) is 7.49. The van der Waals surface area contributed by atoms with E-state index in [0.29, 0.717) is 17.9 Å². The molecule has 0 saturated carbocycles. The fraction of sp³-hybridized carbons (Fsp3) is 0.421. The van der Waals surface area contributed by atoms with Crippen LogP contribution in [0.3, 0.4) is 0 Å². The molecule has 1 amide bonds. The Balaban J connectivity index is 1.66. The summed E-state index contributed by atoms with van der Waals surface area (Å²) in [6.45, 7) is 1.56. The lowest BCUT2D eigenvalue weighted by atomic mass is 9.88. The number of aromatic nitrogens is 2. The quantitative estimate of drug-likeness (QED) is 0.905. The van der Waals surface area contributed by atoms with Crippen molar-refractivity contribution in [3.63, 3.8) is 0 Å². The van der Waals surface area contributed by atoms with Gasteiger partial charge in [0.05, 0.1) is 17.7 Å². The number of hydrogen-bond donors (Lipinski definition) is 1. The fourth-order valence-electron chi connectivity index (χ4n) is 3.47. The number of carbonyl (C=O) groups excluding carboxylic acids is 1. The molecule has 2 aromatic rings. The zero-order valence-corrected chi connectivity index (χ0v) is 14.6. The van der Waals surface area contributed by atoms with E-state index >= 15 is 0 Å². The number of aryl methyl sites for hydroxylation is 1. The van der Waals surface area contributed by atoms with Gasteiger partial charge in [0, 0.05) is 46.0 Å². The van der Waals surface area contributed by atoms with Crippen LogP contribution < -0.4 is 5.32 Å². The van der Waals surface area contributed by atoms with Gasteiger partial charge in [-0.15, -0.1) is 0 Å². The van der Waals surface area contributed by atoms with Crippen LogP contribution in [0.4, 0.5) is 0 Å². The summed E-state index contributed by atoms with van der Waals surface area (Å²) in [6.07, 6.45) is 5.15. The maximum absolute atomic E-state index is 12.2. The molecule has 0 radical (unpaired) electrons. The summed E-state index contributed by atoms with van der Waals surface area (Å²) in [6, 6.07) is 9.73. The highest BCUT2D eigenvalue weighted by atomic mass is 16.2. The topological polar surface area (TPSA) is 74.0 Å². The van der Waals surface area contributed by atoms with Crippen LogP contribution in [0.1, 0.15) is 35.8 Å². The van der Waals surface area contributed by atoms with Crippen LogP contribution in [0.5, 0.6) is 0 Å². The second-order valence-electron chi connectivity index (χ2n) is 6.58. The van der Waals surface area contributed by atoms with Gasteiger partial charge < -0.3 is 14.8 Å². The Bertz CT molecular complexity index is 774. The van der Waals surface area contributed by atoms with E-state index in [9.17, 15) is 4.79 Å². The Morgan fingerprint density at radius 1 is 1.32 bits per heavy atom. The summed E-state index contributed by atoms with van der Waals surface area (Å²) in [7, 11) is 3.84. The number of nitriles is 1. The molecule has 1 aromatic heterocycles. The maximum atomic E-state index is 12.2. The summed E-state index contributed by atoms with van der Waals surface area (Å²) < 4.78 is 1.99. The number of amides is 1. The van der Waals surface area contributed by atoms with Gasteiger partial charge in [-0.3, -0.25) is 4.79 Å². The molecule has 2 heterocycles. The number of nitrogens with one attached hydrogen (secondary N) is 1. The van der Waals surface area contributed by atoms with E-state index in [2.05, 4.69) is 16.4 Å². The van der Waals surface area contributed by atoms with Crippen molar-refractivity contribution in [1.82, 2.24) is 19.8 Å². The molecule has 6 heteroatoms. The number of piperidine rings is 1. The minimum absolute atomic E-state index is 0.00489. The first-order valence-corrected chi connectivity index (χ1v) is 8.52. The third kappa shape index (κ3) is 3.72. The Labute approximate surface area is 148 Å². The average Bonchev–Trinajstić information content (AvgIpc) is 3.04. The van der Waals surface area contributed by atoms with E-state index in [1.54, 1.807) is 6.20 Å². The number of hydrogen-bond acceptors (Lipinski definition) is 4. The Hall–Kier alpha value is -2.65. The van der Waals surface area contributed by atoms with E-state index in [-0.39, 0.29) is 11.9 Å². The van der Waals surface area contributed by atoms with Crippen molar-refractivity contribution in [2.45, 2.75) is 25.4 Å². The molecular weight excluding hydrogens is 314 g/mol. The van der Waals surface area contributed by atoms with E-state index in [0.717, 1.165) is 30.9 Å². The minimum Gasteiger partial charge on any atom is -0.336 e. The highest BCUT2D eigenvalue weighted by Crippen LogP contribution is 2.34. The summed E-state index contributed by atoms with van der Waals surface area (Å²) in [4.78, 5) is 18.5. The van der Waals surface area contributed by atoms with Gasteiger partial charge in [-0.05, 0) is 30.0 Å². The molecule has 1 fully saturated rings. The van der Waals surface area contributed by atoms with Crippen LogP contribution in [0.2, 0.25) is 0 Å². The lowest BCUT2D eigenvalue weighted by Crippen LogP contribution is -2.44. The summed E-state index contributed by atoms with van der Waals surface area (Å²) >= 11 is 0. The molecule has 1 aliphatic rings. The van der Waals surface area contributed by atoms with Gasteiger partial charge in [-0.1, -0.05) is 12.1 Å². The summed E-state index contributed by atoms with van der Waals surface area (Å²) in [5.74, 6) is 1.43. The zero-order chi connectivity index (χ0) is 17.8. The first-order chi connectivity index (χ1) is 12.1. The molecule has 1 saturated heterocycles. The molecule has 1 aliphatic heterocycles. The molecule has 2 atom stereocenters. The van der Waals surface area contributed by atoms with Crippen molar-refractivity contribution in [1.29, 1.82) is 5.26 Å². The average molecular weight is 337 g/mol. The predicted octanol–water partition coefficient (Wildman–Crippen LogP) is 1.99. The summed E-state index contributed by atoms with van der Waals surface area (Å²) in [5, 5.41) is 12.4. The van der Waals surface area contributed by atoms with Gasteiger partial charge in [0.1, 0.15) is 5.82 Å². The van der Waals surface area contributed by atoms with Crippen molar-refractivity contribution in [2.24, 2.45) is 13.0 Å². The smallest absolute Gasteiger partial charge is 0.222 e. The van der Waals surface area contributed by atoms with E-state index in [4.69, 9.17) is 5.26 Å². The molecule has 6 nitrogen and oxygen atoms in total. The first-order valence-electron chi connectivity index (χ1n) is 8.52. The number of imidazole rings is 1. The molecule has 0 aliphatic carbocycles. The van der Waals surface area contributed by atoms with Crippen LogP contribution in [-0.2, 0) is 18.4 Å². The maximum Gasteiger partial charge on any atom is 0.222 e. The van der Waals surface area contributed by atoms with Crippen molar-refractivity contribution in [2.75, 3.05) is 13.6 Å². The summed E-state index contributed by atoms with van der Waals surface area (Å²) in [5.41, 5.74) is 1.82. The Morgan fingerprint density at radius 2 is 2.08 bits per heavy atom. The highest BCUT2D eigenvalue weighted by molar-refractivity contribution is 5.77. The Kier molecular flexibility index (Phi) is 5.15. The first kappa shape index (κ1) is 17.2. The lowest BCUT2D eigenvalue weighted by Gasteiger charge is -2.38. The third-order valence-electron chi connectivity index (χ3n) is 4.93. The normalized spacial score (nSPS) is 20.5. The molecule has 0 bridgehead atoms. The second-order valence-corrected chi connectivity index (χ2v) is 6.58. The SMILES string of the molecule is CN1C(=O)CC[C@H](CNCc2ccc(C#N)cc2)[C@H]1c1nccn1C. The van der Waals surface area contributed by atoms with Crippen molar-refractivity contribution in [3.05, 3.63) is 53.6 Å². The largest absolute Gasteiger partial charge is 0.336 e. The zero-order valence-electron chi connectivity index (χ0n) is 14.6. The number of likely N-dealkylation sites (tertiary alicyclic amines) is 1. The molecular formula is C19H23N5O. The molecule has 0 unspecified atom stereocenters.